The molecule has 1 unspecified atom stereocenters. The number of unbranched alkanes of at least 4 members (excludes halogenated alkanes) is 1. The summed E-state index contributed by atoms with van der Waals surface area (Å²) in [6, 6.07) is 9.12. The first kappa shape index (κ1) is 16.1. The molecule has 0 radical (unpaired) electrons. The highest BCUT2D eigenvalue weighted by atomic mass is 79.9. The molecule has 0 heterocycles. The highest BCUT2D eigenvalue weighted by Crippen LogP contribution is 2.27. The first-order valence-corrected chi connectivity index (χ1v) is 8.62. The number of nitrogens with one attached hydrogen (secondary N) is 1. The molecule has 0 aliphatic carbocycles. The summed E-state index contributed by atoms with van der Waals surface area (Å²) in [5.74, 6) is 1.21. The topological polar surface area (TPSA) is 12.0 Å². The van der Waals surface area contributed by atoms with Crippen molar-refractivity contribution in [2.75, 3.05) is 12.3 Å². The Kier molecular flexibility index (Phi) is 8.82. The van der Waals surface area contributed by atoms with Gasteiger partial charge in [0.25, 0.3) is 0 Å². The van der Waals surface area contributed by atoms with Crippen LogP contribution >= 0.6 is 27.7 Å². The molecule has 18 heavy (non-hydrogen) atoms. The summed E-state index contributed by atoms with van der Waals surface area (Å²) in [6.07, 6.45) is 5.12. The third-order valence-electron chi connectivity index (χ3n) is 2.87. The molecule has 1 N–H and O–H groups in total. The van der Waals surface area contributed by atoms with Crippen LogP contribution in [0.1, 0.15) is 39.5 Å². The lowest BCUT2D eigenvalue weighted by Gasteiger charge is -2.12. The molecule has 1 nitrogen and oxygen atoms in total. The summed E-state index contributed by atoms with van der Waals surface area (Å²) in [7, 11) is 0. The average Bonchev–Trinajstić information content (AvgIpc) is 2.38. The molecule has 0 aromatic heterocycles. The second-order valence-electron chi connectivity index (χ2n) is 4.63. The summed E-state index contributed by atoms with van der Waals surface area (Å²) in [6.45, 7) is 5.65. The average molecular weight is 330 g/mol. The maximum atomic E-state index is 3.59. The summed E-state index contributed by atoms with van der Waals surface area (Å²) < 4.78 is 1.22. The third-order valence-corrected chi connectivity index (χ3v) is 4.98. The smallest absolute Gasteiger partial charge is 0.0311 e. The SMILES string of the molecule is CCCNC(C)CCCCSc1ccccc1Br. The predicted octanol–water partition coefficient (Wildman–Crippen LogP) is 5.10. The van der Waals surface area contributed by atoms with Gasteiger partial charge in [-0.1, -0.05) is 25.5 Å². The van der Waals surface area contributed by atoms with E-state index in [1.807, 2.05) is 11.8 Å². The summed E-state index contributed by atoms with van der Waals surface area (Å²) in [5.41, 5.74) is 0. The van der Waals surface area contributed by atoms with Crippen molar-refractivity contribution >= 4 is 27.7 Å². The Hall–Kier alpha value is 0.01000. The van der Waals surface area contributed by atoms with Gasteiger partial charge in [-0.15, -0.1) is 11.8 Å². The van der Waals surface area contributed by atoms with E-state index in [9.17, 15) is 0 Å². The van der Waals surface area contributed by atoms with E-state index in [-0.39, 0.29) is 0 Å². The van der Waals surface area contributed by atoms with Crippen LogP contribution in [0.3, 0.4) is 0 Å². The van der Waals surface area contributed by atoms with E-state index in [2.05, 4.69) is 59.4 Å². The van der Waals surface area contributed by atoms with E-state index < -0.39 is 0 Å². The van der Waals surface area contributed by atoms with Crippen molar-refractivity contribution < 1.29 is 0 Å². The molecule has 0 amide bonds. The molecule has 102 valence electrons. The van der Waals surface area contributed by atoms with Crippen LogP contribution in [0.15, 0.2) is 33.6 Å². The maximum absolute atomic E-state index is 3.59. The molecule has 0 saturated carbocycles. The van der Waals surface area contributed by atoms with Crippen LogP contribution in [-0.4, -0.2) is 18.3 Å². The van der Waals surface area contributed by atoms with Crippen molar-refractivity contribution in [3.63, 3.8) is 0 Å². The van der Waals surface area contributed by atoms with Gasteiger partial charge in [0, 0.05) is 15.4 Å². The van der Waals surface area contributed by atoms with E-state index >= 15 is 0 Å². The Balaban J connectivity index is 2.07. The van der Waals surface area contributed by atoms with Crippen molar-refractivity contribution in [1.82, 2.24) is 5.32 Å². The van der Waals surface area contributed by atoms with E-state index in [0.717, 1.165) is 6.54 Å². The Labute approximate surface area is 124 Å². The zero-order valence-corrected chi connectivity index (χ0v) is 13.8. The molecule has 0 spiro atoms. The minimum absolute atomic E-state index is 0.665. The molecule has 1 atom stereocenters. The van der Waals surface area contributed by atoms with Gasteiger partial charge in [-0.05, 0) is 66.5 Å². The van der Waals surface area contributed by atoms with Gasteiger partial charge in [0.15, 0.2) is 0 Å². The van der Waals surface area contributed by atoms with Crippen molar-refractivity contribution in [2.45, 2.75) is 50.5 Å². The third kappa shape index (κ3) is 6.81. The Morgan fingerprint density at radius 1 is 1.28 bits per heavy atom. The van der Waals surface area contributed by atoms with E-state index in [0.29, 0.717) is 6.04 Å². The first-order valence-electron chi connectivity index (χ1n) is 6.84. The summed E-state index contributed by atoms with van der Waals surface area (Å²) >= 11 is 5.54. The van der Waals surface area contributed by atoms with Gasteiger partial charge < -0.3 is 5.32 Å². The van der Waals surface area contributed by atoms with Gasteiger partial charge in [-0.2, -0.15) is 0 Å². The molecule has 0 fully saturated rings. The predicted molar refractivity (Wildman–Crippen MR) is 86.5 cm³/mol. The first-order chi connectivity index (χ1) is 8.74. The highest BCUT2D eigenvalue weighted by molar-refractivity contribution is 9.10. The second kappa shape index (κ2) is 9.88. The van der Waals surface area contributed by atoms with Gasteiger partial charge >= 0.3 is 0 Å². The molecular formula is C15H24BrNS. The minimum atomic E-state index is 0.665. The summed E-state index contributed by atoms with van der Waals surface area (Å²) in [4.78, 5) is 1.36. The van der Waals surface area contributed by atoms with Crippen LogP contribution in [0.4, 0.5) is 0 Å². The number of halogens is 1. The zero-order valence-electron chi connectivity index (χ0n) is 11.4. The molecular weight excluding hydrogens is 306 g/mol. The second-order valence-corrected chi connectivity index (χ2v) is 6.62. The highest BCUT2D eigenvalue weighted by Gasteiger charge is 2.01. The standard InChI is InChI=1S/C15H24BrNS/c1-3-11-17-13(2)8-6-7-12-18-15-10-5-4-9-14(15)16/h4-5,9-10,13,17H,3,6-8,11-12H2,1-2H3. The fourth-order valence-corrected chi connectivity index (χ4v) is 3.37. The molecule has 1 rings (SSSR count). The van der Waals surface area contributed by atoms with Crippen LogP contribution in [0.25, 0.3) is 0 Å². The van der Waals surface area contributed by atoms with Crippen LogP contribution in [0.5, 0.6) is 0 Å². The van der Waals surface area contributed by atoms with Gasteiger partial charge in [0.1, 0.15) is 0 Å². The Morgan fingerprint density at radius 2 is 2.06 bits per heavy atom. The monoisotopic (exact) mass is 329 g/mol. The van der Waals surface area contributed by atoms with Crippen molar-refractivity contribution in [1.29, 1.82) is 0 Å². The summed E-state index contributed by atoms with van der Waals surface area (Å²) in [5, 5.41) is 3.54. The molecule has 1 aromatic carbocycles. The molecule has 1 aromatic rings. The van der Waals surface area contributed by atoms with Gasteiger partial charge in [0.05, 0.1) is 0 Å². The number of hydrogen-bond donors (Lipinski definition) is 1. The normalized spacial score (nSPS) is 12.6. The lowest BCUT2D eigenvalue weighted by Crippen LogP contribution is -2.26. The molecule has 0 aliphatic rings. The van der Waals surface area contributed by atoms with Crippen LogP contribution in [-0.2, 0) is 0 Å². The lowest BCUT2D eigenvalue weighted by atomic mass is 10.1. The van der Waals surface area contributed by atoms with Crippen LogP contribution < -0.4 is 5.32 Å². The number of thioether (sulfide) groups is 1. The molecule has 0 aliphatic heterocycles. The number of rotatable bonds is 9. The van der Waals surface area contributed by atoms with Crippen molar-refractivity contribution in [3.8, 4) is 0 Å². The largest absolute Gasteiger partial charge is 0.314 e. The van der Waals surface area contributed by atoms with Gasteiger partial charge in [-0.3, -0.25) is 0 Å². The molecule has 0 bridgehead atoms. The van der Waals surface area contributed by atoms with E-state index in [1.54, 1.807) is 0 Å². The minimum Gasteiger partial charge on any atom is -0.314 e. The fraction of sp³-hybridized carbons (Fsp3) is 0.600. The van der Waals surface area contributed by atoms with Gasteiger partial charge in [0.2, 0.25) is 0 Å². The quantitative estimate of drug-likeness (QED) is 0.499. The van der Waals surface area contributed by atoms with Crippen molar-refractivity contribution in [2.24, 2.45) is 0 Å². The van der Waals surface area contributed by atoms with Crippen LogP contribution in [0, 0.1) is 0 Å². The maximum Gasteiger partial charge on any atom is 0.0311 e. The van der Waals surface area contributed by atoms with E-state index in [1.165, 1.54) is 40.8 Å². The fourth-order valence-electron chi connectivity index (χ4n) is 1.79. The zero-order chi connectivity index (χ0) is 13.2. The van der Waals surface area contributed by atoms with Gasteiger partial charge in [-0.25, -0.2) is 0 Å². The Morgan fingerprint density at radius 3 is 2.78 bits per heavy atom. The van der Waals surface area contributed by atoms with Crippen molar-refractivity contribution in [3.05, 3.63) is 28.7 Å². The molecule has 3 heteroatoms. The lowest BCUT2D eigenvalue weighted by molar-refractivity contribution is 0.496. The van der Waals surface area contributed by atoms with E-state index in [4.69, 9.17) is 0 Å². The van der Waals surface area contributed by atoms with Crippen LogP contribution in [0.2, 0.25) is 0 Å². The number of benzene rings is 1. The molecule has 0 saturated heterocycles. The Bertz CT molecular complexity index is 330. The number of hydrogen-bond acceptors (Lipinski definition) is 2.